The second-order valence-corrected chi connectivity index (χ2v) is 7.79. The van der Waals surface area contributed by atoms with Crippen LogP contribution in [-0.2, 0) is 11.8 Å². The first-order valence-electron chi connectivity index (χ1n) is 9.75. The molecule has 1 aliphatic rings. The van der Waals surface area contributed by atoms with Crippen molar-refractivity contribution < 1.29 is 14.5 Å². The van der Waals surface area contributed by atoms with Crippen molar-refractivity contribution >= 4 is 28.5 Å². The summed E-state index contributed by atoms with van der Waals surface area (Å²) in [7, 11) is 1.78. The van der Waals surface area contributed by atoms with Crippen molar-refractivity contribution in [1.29, 1.82) is 0 Å². The van der Waals surface area contributed by atoms with E-state index in [0.717, 1.165) is 24.0 Å². The number of ether oxygens (including phenoxy) is 1. The van der Waals surface area contributed by atoms with Gasteiger partial charge in [0.05, 0.1) is 10.9 Å². The topological polar surface area (TPSA) is 142 Å². The Bertz CT molecular complexity index is 1020. The van der Waals surface area contributed by atoms with Crippen LogP contribution in [0.25, 0.3) is 10.9 Å². The molecule has 9 nitrogen and oxygen atoms in total. The van der Waals surface area contributed by atoms with Gasteiger partial charge >= 0.3 is 6.09 Å². The number of hydrogen-bond acceptors (Lipinski definition) is 4. The number of fused-ring (bicyclic) bond motifs is 1. The number of rotatable bonds is 5. The van der Waals surface area contributed by atoms with Crippen LogP contribution in [0.4, 0.5) is 10.5 Å². The lowest BCUT2D eigenvalue weighted by Gasteiger charge is -2.15. The van der Waals surface area contributed by atoms with Gasteiger partial charge in [0.15, 0.2) is 0 Å². The number of allylic oxidation sites excluding steroid dienone is 1. The average molecular weight is 401 g/mol. The third-order valence-corrected chi connectivity index (χ3v) is 5.02. The molecular formula is C20H29N6O3+. The largest absolute Gasteiger partial charge is 0.446 e. The Morgan fingerprint density at radius 1 is 1.38 bits per heavy atom. The van der Waals surface area contributed by atoms with E-state index in [1.54, 1.807) is 29.9 Å². The monoisotopic (exact) mass is 401 g/mol. The summed E-state index contributed by atoms with van der Waals surface area (Å²) in [4.78, 5) is 26.6. The Hall–Kier alpha value is -3.23. The van der Waals surface area contributed by atoms with E-state index in [4.69, 9.17) is 16.2 Å². The van der Waals surface area contributed by atoms with Crippen molar-refractivity contribution in [3.63, 3.8) is 0 Å². The van der Waals surface area contributed by atoms with Gasteiger partial charge in [-0.25, -0.2) is 9.79 Å². The first kappa shape index (κ1) is 20.5. The van der Waals surface area contributed by atoms with Crippen LogP contribution in [-0.4, -0.2) is 33.9 Å². The molecule has 3 rings (SSSR count). The number of hydrogen-bond donors (Lipinski definition) is 5. The van der Waals surface area contributed by atoms with Gasteiger partial charge < -0.3 is 15.8 Å². The summed E-state index contributed by atoms with van der Waals surface area (Å²) in [6.45, 7) is 3.77. The summed E-state index contributed by atoms with van der Waals surface area (Å²) in [6, 6.07) is 5.42. The number of benzene rings is 1. The maximum atomic E-state index is 11.8. The summed E-state index contributed by atoms with van der Waals surface area (Å²) in [5.74, 6) is 0.518. The molecule has 0 unspecified atom stereocenters. The highest BCUT2D eigenvalue weighted by Crippen LogP contribution is 2.31. The molecule has 1 aromatic carbocycles. The van der Waals surface area contributed by atoms with Gasteiger partial charge in [-0.2, -0.15) is 0 Å². The highest BCUT2D eigenvalue weighted by atomic mass is 16.6. The van der Waals surface area contributed by atoms with Crippen LogP contribution in [0.2, 0.25) is 0 Å². The lowest BCUT2D eigenvalue weighted by Crippen LogP contribution is -2.68. The molecule has 1 fully saturated rings. The summed E-state index contributed by atoms with van der Waals surface area (Å²) in [5, 5.41) is 6.06. The molecule has 2 aromatic rings. The smallest absolute Gasteiger partial charge is 0.407 e. The molecule has 0 aliphatic heterocycles. The second kappa shape index (κ2) is 8.42. The zero-order valence-electron chi connectivity index (χ0n) is 17.0. The minimum absolute atomic E-state index is 0.0399. The Balaban J connectivity index is 1.66. The fraction of sp³-hybridized carbons (Fsp3) is 0.450. The van der Waals surface area contributed by atoms with Gasteiger partial charge in [-0.05, 0) is 45.2 Å². The normalized spacial score (nSPS) is 20.4. The highest BCUT2D eigenvalue weighted by molar-refractivity contribution is 5.88. The minimum Gasteiger partial charge on any atom is -0.446 e. The number of carbonyl (C=O) groups is 1. The van der Waals surface area contributed by atoms with Crippen LogP contribution in [0.5, 0.6) is 0 Å². The fourth-order valence-corrected chi connectivity index (χ4v) is 3.62. The van der Waals surface area contributed by atoms with Gasteiger partial charge in [0.1, 0.15) is 11.8 Å². The molecule has 0 bridgehead atoms. The molecule has 1 heterocycles. The zero-order chi connectivity index (χ0) is 21.1. The molecule has 156 valence electrons. The Kier molecular flexibility index (Phi) is 5.95. The van der Waals surface area contributed by atoms with Crippen molar-refractivity contribution in [2.45, 2.75) is 45.3 Å². The molecule has 1 amide bonds. The van der Waals surface area contributed by atoms with E-state index in [0.29, 0.717) is 23.3 Å². The number of amidine groups is 1. The van der Waals surface area contributed by atoms with Crippen molar-refractivity contribution in [2.75, 3.05) is 0 Å². The Labute approximate surface area is 168 Å². The van der Waals surface area contributed by atoms with Crippen molar-refractivity contribution in [2.24, 2.45) is 24.4 Å². The molecule has 0 spiro atoms. The summed E-state index contributed by atoms with van der Waals surface area (Å²) in [5.41, 5.74) is 14.4. The number of H-pyrrole nitrogens is 1. The van der Waals surface area contributed by atoms with Gasteiger partial charge in [-0.1, -0.05) is 0 Å². The number of nitrogens with two attached hydrogens (primary N) is 2. The van der Waals surface area contributed by atoms with Gasteiger partial charge in [0.25, 0.3) is 11.4 Å². The zero-order valence-corrected chi connectivity index (χ0v) is 17.0. The number of aromatic nitrogens is 2. The van der Waals surface area contributed by atoms with Gasteiger partial charge in [-0.3, -0.25) is 20.3 Å². The standard InChI is InChI=1S/C20H28N6O3/c1-11(2)23-20(28)29-14-6-4-12(8-14)16(21)10-18(22)24-13-5-7-15-17(9-13)26(3)25-19(15)27/h5,7,9-12,14H,4,6,8,21H2,1-3H3,(H2,22,24)(H,23,28)(H,25,27)/p+1/b16-10-/t12-,14+/m0/s1. The van der Waals surface area contributed by atoms with Crippen LogP contribution in [0.1, 0.15) is 33.1 Å². The van der Waals surface area contributed by atoms with Crippen LogP contribution >= 0.6 is 0 Å². The van der Waals surface area contributed by atoms with Gasteiger partial charge in [-0.15, -0.1) is 0 Å². The van der Waals surface area contributed by atoms with Crippen LogP contribution in [0, 0.1) is 5.92 Å². The lowest BCUT2D eigenvalue weighted by molar-refractivity contribution is -0.353. The molecule has 29 heavy (non-hydrogen) atoms. The number of carbonyl (C=O) groups excluding carboxylic acids is 1. The number of aryl methyl sites for hydroxylation is 1. The third-order valence-electron chi connectivity index (χ3n) is 5.02. The molecule has 1 saturated carbocycles. The molecule has 2 atom stereocenters. The van der Waals surface area contributed by atoms with E-state index in [1.165, 1.54) is 0 Å². The number of nitrogens with zero attached hydrogens (tertiary/aromatic N) is 1. The van der Waals surface area contributed by atoms with E-state index in [-0.39, 0.29) is 23.6 Å². The maximum Gasteiger partial charge on any atom is 0.407 e. The molecule has 9 heteroatoms. The van der Waals surface area contributed by atoms with Crippen LogP contribution in [0.15, 0.2) is 34.8 Å². The van der Waals surface area contributed by atoms with Crippen LogP contribution in [0.3, 0.4) is 0 Å². The Morgan fingerprint density at radius 2 is 2.14 bits per heavy atom. The predicted octanol–water partition coefficient (Wildman–Crippen LogP) is 0.0818. The predicted molar refractivity (Wildman–Crippen MR) is 112 cm³/mol. The number of aromatic amines is 1. The van der Waals surface area contributed by atoms with Gasteiger partial charge in [0.2, 0.25) is 0 Å². The molecule has 1 aromatic heterocycles. The maximum absolute atomic E-state index is 11.8. The van der Waals surface area contributed by atoms with Gasteiger partial charge in [0, 0.05) is 36.8 Å². The molecule has 1 aliphatic carbocycles. The molecule has 7 N–H and O–H groups in total. The van der Waals surface area contributed by atoms with Crippen molar-refractivity contribution in [3.8, 4) is 0 Å². The average Bonchev–Trinajstić information content (AvgIpc) is 3.19. The van der Waals surface area contributed by atoms with E-state index in [1.807, 2.05) is 19.9 Å². The summed E-state index contributed by atoms with van der Waals surface area (Å²) in [6.07, 6.45) is 3.47. The van der Waals surface area contributed by atoms with Crippen molar-refractivity contribution in [1.82, 2.24) is 15.1 Å². The first-order valence-corrected chi connectivity index (χ1v) is 9.75. The van der Waals surface area contributed by atoms with Crippen LogP contribution < -0.4 is 27.3 Å². The first-order chi connectivity index (χ1) is 13.7. The molecular weight excluding hydrogens is 372 g/mol. The van der Waals surface area contributed by atoms with E-state index in [9.17, 15) is 9.59 Å². The Morgan fingerprint density at radius 3 is 2.86 bits per heavy atom. The number of nitrogens with one attached hydrogen (secondary N) is 3. The molecule has 0 saturated heterocycles. The SMILES string of the molecule is CC(C)NC(=O)O[C@@H]1CC[C@H](/C(N)=C/C(N)=[NH+]c2ccc3c(=O)[nH]n(C)c3c2)C1. The highest BCUT2D eigenvalue weighted by Gasteiger charge is 2.29. The molecule has 0 radical (unpaired) electrons. The third kappa shape index (κ3) is 4.98. The fourth-order valence-electron chi connectivity index (χ4n) is 3.62. The minimum atomic E-state index is -0.393. The second-order valence-electron chi connectivity index (χ2n) is 7.79. The summed E-state index contributed by atoms with van der Waals surface area (Å²) >= 11 is 0. The quantitative estimate of drug-likeness (QED) is 0.356. The number of alkyl carbamates (subject to hydrolysis) is 1. The van der Waals surface area contributed by atoms with Crippen molar-refractivity contribution in [3.05, 3.63) is 40.3 Å². The lowest BCUT2D eigenvalue weighted by atomic mass is 10.0. The summed E-state index contributed by atoms with van der Waals surface area (Å²) < 4.78 is 7.10. The van der Waals surface area contributed by atoms with E-state index in [2.05, 4.69) is 15.4 Å². The number of amides is 1. The van der Waals surface area contributed by atoms with E-state index < -0.39 is 6.09 Å². The van der Waals surface area contributed by atoms with E-state index >= 15 is 0 Å².